The first-order valence-electron chi connectivity index (χ1n) is 4.42. The molecule has 0 aromatic rings. The molecule has 0 bridgehead atoms. The van der Waals surface area contributed by atoms with Gasteiger partial charge in [-0.15, -0.1) is 0 Å². The summed E-state index contributed by atoms with van der Waals surface area (Å²) in [5.74, 6) is 0. The van der Waals surface area contributed by atoms with Crippen LogP contribution in [0.25, 0.3) is 0 Å². The van der Waals surface area contributed by atoms with Crippen molar-refractivity contribution in [1.29, 1.82) is 0 Å². The van der Waals surface area contributed by atoms with Crippen molar-refractivity contribution >= 4 is 27.4 Å². The molecule has 0 fully saturated rings. The molecule has 0 rings (SSSR count). The monoisotopic (exact) mass is 239 g/mol. The number of nitrogens with one attached hydrogen (secondary N) is 1. The first-order chi connectivity index (χ1) is 5.55. The Morgan fingerprint density at radius 3 is 1.46 bits per heavy atom. The molecule has 2 N–H and O–H groups in total. The first kappa shape index (κ1) is 13.5. The third-order valence-corrected chi connectivity index (χ3v) is 11.8. The quantitative estimate of drug-likeness (QED) is 0.581. The van der Waals surface area contributed by atoms with Gasteiger partial charge in [0, 0.05) is 5.29 Å². The van der Waals surface area contributed by atoms with Crippen LogP contribution in [0.2, 0.25) is 39.3 Å². The molecule has 0 amide bonds. The van der Waals surface area contributed by atoms with E-state index in [0.29, 0.717) is 0 Å². The predicted molar refractivity (Wildman–Crippen MR) is 64.4 cm³/mol. The zero-order chi connectivity index (χ0) is 10.9. The fourth-order valence-electron chi connectivity index (χ4n) is 1.75. The van der Waals surface area contributed by atoms with Gasteiger partial charge in [-0.3, -0.25) is 4.55 Å². The molecule has 0 aliphatic rings. The van der Waals surface area contributed by atoms with Gasteiger partial charge >= 0.3 is 0 Å². The van der Waals surface area contributed by atoms with Gasteiger partial charge in [0.15, 0.2) is 0 Å². The van der Waals surface area contributed by atoms with Crippen molar-refractivity contribution in [3.05, 3.63) is 0 Å². The molecule has 0 aliphatic carbocycles. The van der Waals surface area contributed by atoms with Crippen molar-refractivity contribution < 1.29 is 8.76 Å². The molecule has 0 heterocycles. The van der Waals surface area contributed by atoms with E-state index in [1.54, 1.807) is 0 Å². The predicted octanol–water partition coefficient (Wildman–Crippen LogP) is 1.84. The zero-order valence-electron chi connectivity index (χ0n) is 9.34. The standard InChI is InChI=1S/C7H21NO2SSi2/c1-12(2,3)7(8-11(9)10)13(4,5)6/h7-8H,1-6H3,(H,9,10). The first-order valence-corrected chi connectivity index (χ1v) is 12.7. The second-order valence-corrected chi connectivity index (χ2v) is 17.5. The summed E-state index contributed by atoms with van der Waals surface area (Å²) in [4.78, 5) is 0. The lowest BCUT2D eigenvalue weighted by molar-refractivity contribution is 0.550. The summed E-state index contributed by atoms with van der Waals surface area (Å²) in [5, 5.41) is 0.283. The lowest BCUT2D eigenvalue weighted by Crippen LogP contribution is -2.62. The van der Waals surface area contributed by atoms with Gasteiger partial charge in [0.2, 0.25) is 11.3 Å². The molecule has 0 aromatic heterocycles. The maximum atomic E-state index is 10.7. The molecule has 0 spiro atoms. The van der Waals surface area contributed by atoms with Crippen LogP contribution in [-0.2, 0) is 11.3 Å². The summed E-state index contributed by atoms with van der Waals surface area (Å²) >= 11 is -1.87. The Morgan fingerprint density at radius 2 is 1.38 bits per heavy atom. The SMILES string of the molecule is C[Si](C)(C)C(NS(=O)O)[Si](C)(C)C. The summed E-state index contributed by atoms with van der Waals surface area (Å²) in [7, 11) is -2.77. The Hall–Kier alpha value is 0.504. The van der Waals surface area contributed by atoms with Gasteiger partial charge in [0.1, 0.15) is 0 Å². The number of hydrogen-bond donors (Lipinski definition) is 2. The molecule has 3 nitrogen and oxygen atoms in total. The highest BCUT2D eigenvalue weighted by Gasteiger charge is 2.38. The van der Waals surface area contributed by atoms with Crippen molar-refractivity contribution in [3.8, 4) is 0 Å². The summed E-state index contributed by atoms with van der Waals surface area (Å²) in [6, 6.07) is 0. The van der Waals surface area contributed by atoms with Gasteiger partial charge in [0.05, 0.1) is 16.1 Å². The van der Waals surface area contributed by atoms with Crippen LogP contribution >= 0.6 is 0 Å². The average molecular weight is 239 g/mol. The molecule has 0 radical (unpaired) electrons. The van der Waals surface area contributed by atoms with Crippen molar-refractivity contribution in [2.45, 2.75) is 44.6 Å². The van der Waals surface area contributed by atoms with Gasteiger partial charge in [-0.2, -0.15) is 0 Å². The molecule has 0 aromatic carbocycles. The van der Waals surface area contributed by atoms with Crippen LogP contribution in [0.1, 0.15) is 0 Å². The zero-order valence-corrected chi connectivity index (χ0v) is 12.2. The van der Waals surface area contributed by atoms with Gasteiger partial charge in [-0.05, 0) is 0 Å². The van der Waals surface area contributed by atoms with Gasteiger partial charge in [0.25, 0.3) is 0 Å². The third kappa shape index (κ3) is 5.06. The van der Waals surface area contributed by atoms with Gasteiger partial charge in [-0.25, -0.2) is 8.93 Å². The van der Waals surface area contributed by atoms with Crippen molar-refractivity contribution in [2.75, 3.05) is 0 Å². The maximum absolute atomic E-state index is 10.7. The second kappa shape index (κ2) is 4.35. The summed E-state index contributed by atoms with van der Waals surface area (Å²) in [6.45, 7) is 13.4. The van der Waals surface area contributed by atoms with E-state index in [-0.39, 0.29) is 5.29 Å². The highest BCUT2D eigenvalue weighted by atomic mass is 32.2. The number of hydrogen-bond acceptors (Lipinski definition) is 1. The summed E-state index contributed by atoms with van der Waals surface area (Å²) < 4.78 is 22.4. The van der Waals surface area contributed by atoms with Crippen LogP contribution in [-0.4, -0.2) is 30.2 Å². The fourth-order valence-corrected chi connectivity index (χ4v) is 15.8. The van der Waals surface area contributed by atoms with Crippen molar-refractivity contribution in [1.82, 2.24) is 4.72 Å². The van der Waals surface area contributed by atoms with Crippen molar-refractivity contribution in [3.63, 3.8) is 0 Å². The average Bonchev–Trinajstić information content (AvgIpc) is 1.77. The lowest BCUT2D eigenvalue weighted by atomic mass is 11.4. The van der Waals surface area contributed by atoms with E-state index in [1.807, 2.05) is 0 Å². The van der Waals surface area contributed by atoms with Crippen LogP contribution < -0.4 is 4.72 Å². The highest BCUT2D eigenvalue weighted by Crippen LogP contribution is 2.18. The van der Waals surface area contributed by atoms with E-state index in [1.165, 1.54) is 0 Å². The van der Waals surface area contributed by atoms with Crippen LogP contribution in [0.3, 0.4) is 0 Å². The van der Waals surface area contributed by atoms with E-state index < -0.39 is 27.4 Å². The Labute approximate surface area is 85.8 Å². The molecule has 0 saturated heterocycles. The Balaban J connectivity index is 4.68. The molecule has 13 heavy (non-hydrogen) atoms. The summed E-state index contributed by atoms with van der Waals surface area (Å²) in [5.41, 5.74) is 0. The van der Waals surface area contributed by atoms with Gasteiger partial charge < -0.3 is 0 Å². The fraction of sp³-hybridized carbons (Fsp3) is 1.00. The summed E-state index contributed by atoms with van der Waals surface area (Å²) in [6.07, 6.45) is 0. The minimum atomic E-state index is -1.87. The molecule has 0 saturated carbocycles. The molecular formula is C7H21NO2SSi2. The topological polar surface area (TPSA) is 49.3 Å². The molecule has 1 atom stereocenters. The minimum absolute atomic E-state index is 0.283. The Kier molecular flexibility index (Phi) is 4.52. The highest BCUT2D eigenvalue weighted by molar-refractivity contribution is 7.77. The molecule has 6 heteroatoms. The van der Waals surface area contributed by atoms with E-state index >= 15 is 0 Å². The number of rotatable bonds is 4. The van der Waals surface area contributed by atoms with E-state index in [0.717, 1.165) is 0 Å². The maximum Gasteiger partial charge on any atom is 0.231 e. The van der Waals surface area contributed by atoms with Crippen LogP contribution in [0, 0.1) is 0 Å². The normalized spacial score (nSPS) is 16.3. The van der Waals surface area contributed by atoms with Crippen LogP contribution in [0.15, 0.2) is 0 Å². The second-order valence-electron chi connectivity index (χ2n) is 5.53. The Morgan fingerprint density at radius 1 is 1.08 bits per heavy atom. The van der Waals surface area contributed by atoms with E-state index in [2.05, 4.69) is 44.0 Å². The van der Waals surface area contributed by atoms with E-state index in [9.17, 15) is 4.21 Å². The minimum Gasteiger partial charge on any atom is -0.294 e. The smallest absolute Gasteiger partial charge is 0.231 e. The lowest BCUT2D eigenvalue weighted by Gasteiger charge is -2.37. The largest absolute Gasteiger partial charge is 0.294 e. The van der Waals surface area contributed by atoms with Crippen LogP contribution in [0.5, 0.6) is 0 Å². The molecular weight excluding hydrogens is 218 g/mol. The van der Waals surface area contributed by atoms with Crippen molar-refractivity contribution in [2.24, 2.45) is 0 Å². The van der Waals surface area contributed by atoms with E-state index in [4.69, 9.17) is 4.55 Å². The molecule has 1 unspecified atom stereocenters. The molecule has 0 aliphatic heterocycles. The molecule has 80 valence electrons. The third-order valence-electron chi connectivity index (χ3n) is 1.95. The van der Waals surface area contributed by atoms with Crippen LogP contribution in [0.4, 0.5) is 0 Å². The Bertz CT molecular complexity index is 184. The van der Waals surface area contributed by atoms with Gasteiger partial charge in [-0.1, -0.05) is 39.3 Å².